The van der Waals surface area contributed by atoms with Crippen molar-refractivity contribution in [2.45, 2.75) is 71.6 Å². The van der Waals surface area contributed by atoms with Gasteiger partial charge in [-0.3, -0.25) is 9.69 Å². The van der Waals surface area contributed by atoms with Gasteiger partial charge in [0.25, 0.3) is 0 Å². The molecule has 0 aliphatic carbocycles. The summed E-state index contributed by atoms with van der Waals surface area (Å²) in [6.45, 7) is 11.8. The average molecular weight is 514 g/mol. The molecule has 1 saturated heterocycles. The van der Waals surface area contributed by atoms with Crippen LogP contribution in [0.3, 0.4) is 0 Å². The van der Waals surface area contributed by atoms with Gasteiger partial charge in [-0.1, -0.05) is 42.5 Å². The average Bonchev–Trinajstić information content (AvgIpc) is 3.37. The number of carbonyl (C=O) groups is 1. The van der Waals surface area contributed by atoms with E-state index in [1.165, 1.54) is 22.3 Å². The maximum atomic E-state index is 11.1. The molecular weight excluding hydrogens is 474 g/mol. The SMILES string of the molecule is Cc1c(C)c2c(c(C)c1OCc1ccccc1)CCC(C)(CN1CCC[C@H]1COc1cccc(C=O)c1)O2. The molecule has 2 atom stereocenters. The van der Waals surface area contributed by atoms with Gasteiger partial charge >= 0.3 is 0 Å². The Balaban J connectivity index is 1.27. The lowest BCUT2D eigenvalue weighted by atomic mass is 9.86. The molecule has 1 unspecified atom stereocenters. The highest BCUT2D eigenvalue weighted by Crippen LogP contribution is 2.44. The number of hydrogen-bond acceptors (Lipinski definition) is 5. The van der Waals surface area contributed by atoms with Crippen molar-refractivity contribution in [3.05, 3.63) is 88.0 Å². The van der Waals surface area contributed by atoms with Gasteiger partial charge in [0.15, 0.2) is 0 Å². The van der Waals surface area contributed by atoms with E-state index in [9.17, 15) is 4.79 Å². The van der Waals surface area contributed by atoms with Crippen LogP contribution in [-0.2, 0) is 13.0 Å². The van der Waals surface area contributed by atoms with E-state index in [0.29, 0.717) is 24.8 Å². The fraction of sp³-hybridized carbons (Fsp3) is 0.424. The molecule has 2 aliphatic rings. The summed E-state index contributed by atoms with van der Waals surface area (Å²) in [5, 5.41) is 0. The molecule has 5 nitrogen and oxygen atoms in total. The zero-order valence-corrected chi connectivity index (χ0v) is 23.1. The highest BCUT2D eigenvalue weighted by molar-refractivity contribution is 5.75. The monoisotopic (exact) mass is 513 g/mol. The fourth-order valence-corrected chi connectivity index (χ4v) is 5.93. The van der Waals surface area contributed by atoms with E-state index in [1.54, 1.807) is 12.1 Å². The summed E-state index contributed by atoms with van der Waals surface area (Å²) in [7, 11) is 0. The third kappa shape index (κ3) is 5.58. The number of aldehydes is 1. The van der Waals surface area contributed by atoms with Crippen LogP contribution in [0, 0.1) is 20.8 Å². The molecule has 0 radical (unpaired) electrons. The minimum Gasteiger partial charge on any atom is -0.492 e. The Morgan fingerprint density at radius 3 is 2.63 bits per heavy atom. The second-order valence-corrected chi connectivity index (χ2v) is 11.1. The van der Waals surface area contributed by atoms with Gasteiger partial charge in [-0.15, -0.1) is 0 Å². The highest BCUT2D eigenvalue weighted by Gasteiger charge is 2.39. The van der Waals surface area contributed by atoms with E-state index in [-0.39, 0.29) is 5.60 Å². The first kappa shape index (κ1) is 26.3. The van der Waals surface area contributed by atoms with Crippen LogP contribution in [0.15, 0.2) is 54.6 Å². The number of nitrogens with zero attached hydrogens (tertiary/aromatic N) is 1. The van der Waals surface area contributed by atoms with Crippen molar-refractivity contribution in [2.75, 3.05) is 19.7 Å². The van der Waals surface area contributed by atoms with Crippen LogP contribution in [0.25, 0.3) is 0 Å². The topological polar surface area (TPSA) is 48.0 Å². The van der Waals surface area contributed by atoms with Crippen LogP contribution in [0.5, 0.6) is 17.2 Å². The van der Waals surface area contributed by atoms with Gasteiger partial charge in [-0.25, -0.2) is 0 Å². The first-order valence-corrected chi connectivity index (χ1v) is 13.8. The molecule has 0 bridgehead atoms. The molecule has 200 valence electrons. The lowest BCUT2D eigenvalue weighted by molar-refractivity contribution is 0.0146. The maximum absolute atomic E-state index is 11.1. The molecule has 5 heteroatoms. The van der Waals surface area contributed by atoms with Crippen molar-refractivity contribution < 1.29 is 19.0 Å². The number of hydrogen-bond donors (Lipinski definition) is 0. The summed E-state index contributed by atoms with van der Waals surface area (Å²) in [6, 6.07) is 18.1. The van der Waals surface area contributed by atoms with Crippen molar-refractivity contribution in [3.8, 4) is 17.2 Å². The number of likely N-dealkylation sites (tertiary alicyclic amines) is 1. The molecule has 3 aromatic rings. The van der Waals surface area contributed by atoms with Crippen molar-refractivity contribution in [1.29, 1.82) is 0 Å². The Kier molecular flexibility index (Phi) is 7.75. The van der Waals surface area contributed by atoms with Gasteiger partial charge in [0.2, 0.25) is 0 Å². The number of carbonyl (C=O) groups excluding carboxylic acids is 1. The second kappa shape index (κ2) is 11.2. The standard InChI is InChI=1S/C33H39NO4/c1-23-24(2)32-30(25(3)31(23)37-20-26-10-6-5-7-11-26)15-16-33(4,38-32)22-34-17-9-13-28(34)21-36-29-14-8-12-27(18-29)19-35/h5-8,10-12,14,18-19,28H,9,13,15-17,20-22H2,1-4H3/t28-,33?/m0/s1. The molecule has 0 aromatic heterocycles. The molecule has 0 spiro atoms. The van der Waals surface area contributed by atoms with Crippen LogP contribution >= 0.6 is 0 Å². The summed E-state index contributed by atoms with van der Waals surface area (Å²) < 4.78 is 19.3. The van der Waals surface area contributed by atoms with E-state index < -0.39 is 0 Å². The highest BCUT2D eigenvalue weighted by atomic mass is 16.5. The minimum absolute atomic E-state index is 0.261. The Bertz CT molecular complexity index is 1290. The third-order valence-corrected chi connectivity index (χ3v) is 8.26. The zero-order chi connectivity index (χ0) is 26.7. The number of fused-ring (bicyclic) bond motifs is 1. The van der Waals surface area contributed by atoms with Gasteiger partial charge in [-0.2, -0.15) is 0 Å². The van der Waals surface area contributed by atoms with Crippen LogP contribution in [0.2, 0.25) is 0 Å². The van der Waals surface area contributed by atoms with Crippen molar-refractivity contribution in [2.24, 2.45) is 0 Å². The summed E-state index contributed by atoms with van der Waals surface area (Å²) >= 11 is 0. The molecule has 0 amide bonds. The lowest BCUT2D eigenvalue weighted by Gasteiger charge is -2.41. The van der Waals surface area contributed by atoms with Crippen LogP contribution in [0.4, 0.5) is 0 Å². The van der Waals surface area contributed by atoms with E-state index in [2.05, 4.69) is 44.7 Å². The molecule has 0 N–H and O–H groups in total. The van der Waals surface area contributed by atoms with Crippen LogP contribution in [0.1, 0.15) is 64.4 Å². The maximum Gasteiger partial charge on any atom is 0.150 e. The predicted octanol–water partition coefficient (Wildman–Crippen LogP) is 6.63. The smallest absolute Gasteiger partial charge is 0.150 e. The van der Waals surface area contributed by atoms with E-state index in [4.69, 9.17) is 14.2 Å². The molecule has 2 heterocycles. The number of ether oxygens (including phenoxy) is 3. The first-order valence-electron chi connectivity index (χ1n) is 13.8. The third-order valence-electron chi connectivity index (χ3n) is 8.26. The van der Waals surface area contributed by atoms with Gasteiger partial charge < -0.3 is 14.2 Å². The summed E-state index contributed by atoms with van der Waals surface area (Å²) in [5.74, 6) is 2.79. The van der Waals surface area contributed by atoms with E-state index >= 15 is 0 Å². The zero-order valence-electron chi connectivity index (χ0n) is 23.1. The molecule has 5 rings (SSSR count). The molecular formula is C33H39NO4. The fourth-order valence-electron chi connectivity index (χ4n) is 5.93. The van der Waals surface area contributed by atoms with Crippen LogP contribution < -0.4 is 14.2 Å². The lowest BCUT2D eigenvalue weighted by Crippen LogP contribution is -2.50. The largest absolute Gasteiger partial charge is 0.492 e. The van der Waals surface area contributed by atoms with E-state index in [1.807, 2.05) is 30.3 Å². The van der Waals surface area contributed by atoms with Crippen molar-refractivity contribution in [1.82, 2.24) is 4.90 Å². The van der Waals surface area contributed by atoms with Crippen molar-refractivity contribution in [3.63, 3.8) is 0 Å². The summed E-state index contributed by atoms with van der Waals surface area (Å²) in [6.07, 6.45) is 5.08. The second-order valence-electron chi connectivity index (χ2n) is 11.1. The molecule has 38 heavy (non-hydrogen) atoms. The quantitative estimate of drug-likeness (QED) is 0.301. The molecule has 2 aliphatic heterocycles. The number of rotatable bonds is 9. The summed E-state index contributed by atoms with van der Waals surface area (Å²) in [4.78, 5) is 13.6. The van der Waals surface area contributed by atoms with Crippen molar-refractivity contribution >= 4 is 6.29 Å². The number of benzene rings is 3. The van der Waals surface area contributed by atoms with Crippen LogP contribution in [-0.4, -0.2) is 42.5 Å². The van der Waals surface area contributed by atoms with Gasteiger partial charge in [-0.05, 0) is 94.3 Å². The Labute approximate surface area is 226 Å². The predicted molar refractivity (Wildman–Crippen MR) is 151 cm³/mol. The van der Waals surface area contributed by atoms with Gasteiger partial charge in [0.05, 0.1) is 0 Å². The van der Waals surface area contributed by atoms with Gasteiger partial charge in [0, 0.05) is 23.7 Å². The van der Waals surface area contributed by atoms with Gasteiger partial charge in [0.1, 0.15) is 42.3 Å². The Morgan fingerprint density at radius 2 is 1.84 bits per heavy atom. The molecule has 3 aromatic carbocycles. The normalized spacial score (nSPS) is 21.0. The minimum atomic E-state index is -0.261. The Hall–Kier alpha value is -3.31. The summed E-state index contributed by atoms with van der Waals surface area (Å²) in [5.41, 5.74) is 6.37. The molecule has 1 fully saturated rings. The molecule has 0 saturated carbocycles. The van der Waals surface area contributed by atoms with E-state index in [0.717, 1.165) is 67.9 Å². The first-order chi connectivity index (χ1) is 18.4. The Morgan fingerprint density at radius 1 is 1.03 bits per heavy atom.